The number of likely N-dealkylation sites (tertiary alicyclic amines) is 1. The number of anilines is 1. The van der Waals surface area contributed by atoms with Gasteiger partial charge in [-0.2, -0.15) is 0 Å². The number of piperidine rings is 1. The van der Waals surface area contributed by atoms with Gasteiger partial charge in [0.05, 0.1) is 0 Å². The predicted molar refractivity (Wildman–Crippen MR) is 109 cm³/mol. The molecule has 1 aliphatic heterocycles. The van der Waals surface area contributed by atoms with E-state index in [0.717, 1.165) is 43.2 Å². The second-order valence-corrected chi connectivity index (χ2v) is 7.90. The molecule has 0 radical (unpaired) electrons. The molecule has 144 valence electrons. The number of ether oxygens (including phenoxy) is 1. The van der Waals surface area contributed by atoms with Crippen LogP contribution in [0.4, 0.5) is 5.69 Å². The van der Waals surface area contributed by atoms with E-state index in [9.17, 15) is 4.79 Å². The summed E-state index contributed by atoms with van der Waals surface area (Å²) in [6.07, 6.45) is 1.46. The molecule has 1 aliphatic rings. The van der Waals surface area contributed by atoms with Crippen molar-refractivity contribution in [1.29, 1.82) is 0 Å². The fourth-order valence-electron chi connectivity index (χ4n) is 3.39. The second-order valence-electron chi connectivity index (χ2n) is 7.90. The summed E-state index contributed by atoms with van der Waals surface area (Å²) in [5, 5.41) is 2.96. The number of nitrogens with zero attached hydrogens (tertiary/aromatic N) is 1. The molecule has 0 aliphatic carbocycles. The summed E-state index contributed by atoms with van der Waals surface area (Å²) >= 11 is 0. The van der Waals surface area contributed by atoms with Crippen LogP contribution in [0.1, 0.15) is 26.7 Å². The van der Waals surface area contributed by atoms with Crippen molar-refractivity contribution < 1.29 is 9.53 Å². The van der Waals surface area contributed by atoms with E-state index >= 15 is 0 Å². The monoisotopic (exact) mass is 367 g/mol. The molecule has 3 N–H and O–H groups in total. The normalized spacial score (nSPS) is 19.4. The van der Waals surface area contributed by atoms with Gasteiger partial charge in [0.1, 0.15) is 11.5 Å². The second kappa shape index (κ2) is 8.55. The van der Waals surface area contributed by atoms with Crippen molar-refractivity contribution in [2.45, 2.75) is 32.7 Å². The molecule has 1 saturated heterocycles. The average Bonchev–Trinajstić information content (AvgIpc) is 2.65. The van der Waals surface area contributed by atoms with Crippen molar-refractivity contribution >= 4 is 11.6 Å². The zero-order chi connectivity index (χ0) is 19.3. The standard InChI is InChI=1S/C22H29N3O2/c1-22(2)16-25(14-12-20(22)23)15-13-21(26)24-17-8-10-19(11-9-17)27-18-6-4-3-5-7-18/h3-11,20H,12-16,23H2,1-2H3,(H,24,26). The Kier molecular flexibility index (Phi) is 6.14. The van der Waals surface area contributed by atoms with E-state index in [4.69, 9.17) is 10.5 Å². The molecule has 0 saturated carbocycles. The minimum atomic E-state index is 0.0272. The van der Waals surface area contributed by atoms with Crippen molar-refractivity contribution in [3.8, 4) is 11.5 Å². The first-order valence-electron chi connectivity index (χ1n) is 9.53. The zero-order valence-corrected chi connectivity index (χ0v) is 16.2. The molecule has 3 rings (SSSR count). The number of benzene rings is 2. The van der Waals surface area contributed by atoms with E-state index in [1.165, 1.54) is 0 Å². The van der Waals surface area contributed by atoms with E-state index in [-0.39, 0.29) is 17.4 Å². The first kappa shape index (κ1) is 19.4. The number of rotatable bonds is 6. The third-order valence-electron chi connectivity index (χ3n) is 5.16. The van der Waals surface area contributed by atoms with Gasteiger partial charge in [-0.15, -0.1) is 0 Å². The quantitative estimate of drug-likeness (QED) is 0.813. The van der Waals surface area contributed by atoms with Crippen LogP contribution in [0.3, 0.4) is 0 Å². The maximum Gasteiger partial charge on any atom is 0.225 e. The summed E-state index contributed by atoms with van der Waals surface area (Å²) in [4.78, 5) is 14.6. The van der Waals surface area contributed by atoms with Crippen molar-refractivity contribution in [3.63, 3.8) is 0 Å². The van der Waals surface area contributed by atoms with Gasteiger partial charge >= 0.3 is 0 Å². The highest BCUT2D eigenvalue weighted by atomic mass is 16.5. The molecule has 5 nitrogen and oxygen atoms in total. The topological polar surface area (TPSA) is 67.6 Å². The van der Waals surface area contributed by atoms with Gasteiger partial charge in [-0.1, -0.05) is 32.0 Å². The molecule has 5 heteroatoms. The first-order chi connectivity index (χ1) is 12.9. The van der Waals surface area contributed by atoms with Crippen LogP contribution < -0.4 is 15.8 Å². The van der Waals surface area contributed by atoms with Crippen LogP contribution in [0.5, 0.6) is 11.5 Å². The van der Waals surface area contributed by atoms with Crippen LogP contribution in [0.25, 0.3) is 0 Å². The fourth-order valence-corrected chi connectivity index (χ4v) is 3.39. The summed E-state index contributed by atoms with van der Waals surface area (Å²) in [5.74, 6) is 1.56. The van der Waals surface area contributed by atoms with Gasteiger partial charge in [0.2, 0.25) is 5.91 Å². The SMILES string of the molecule is CC1(C)CN(CCC(=O)Nc2ccc(Oc3ccccc3)cc2)CCC1N. The van der Waals surface area contributed by atoms with Crippen LogP contribution in [-0.2, 0) is 4.79 Å². The Hall–Kier alpha value is -2.37. The van der Waals surface area contributed by atoms with Crippen molar-refractivity contribution in [2.24, 2.45) is 11.1 Å². The van der Waals surface area contributed by atoms with E-state index in [1.807, 2.05) is 54.6 Å². The molecule has 1 atom stereocenters. The van der Waals surface area contributed by atoms with Crippen LogP contribution in [-0.4, -0.2) is 36.5 Å². The van der Waals surface area contributed by atoms with Gasteiger partial charge in [-0.25, -0.2) is 0 Å². The zero-order valence-electron chi connectivity index (χ0n) is 16.2. The van der Waals surface area contributed by atoms with Gasteiger partial charge in [0, 0.05) is 31.2 Å². The highest BCUT2D eigenvalue weighted by Crippen LogP contribution is 2.27. The fraction of sp³-hybridized carbons (Fsp3) is 0.409. The maximum absolute atomic E-state index is 12.3. The van der Waals surface area contributed by atoms with E-state index < -0.39 is 0 Å². The largest absolute Gasteiger partial charge is 0.457 e. The number of nitrogens with one attached hydrogen (secondary N) is 1. The minimum absolute atomic E-state index is 0.0272. The Morgan fingerprint density at radius 3 is 2.48 bits per heavy atom. The van der Waals surface area contributed by atoms with Crippen molar-refractivity contribution in [2.75, 3.05) is 25.0 Å². The number of carbonyl (C=O) groups excluding carboxylic acids is 1. The van der Waals surface area contributed by atoms with Crippen LogP contribution in [0.2, 0.25) is 0 Å². The van der Waals surface area contributed by atoms with Crippen LogP contribution in [0, 0.1) is 5.41 Å². The molecule has 1 fully saturated rings. The molecule has 0 aromatic heterocycles. The Labute approximate surface area is 161 Å². The molecule has 0 spiro atoms. The Morgan fingerprint density at radius 1 is 1.15 bits per heavy atom. The minimum Gasteiger partial charge on any atom is -0.457 e. The Morgan fingerprint density at radius 2 is 1.81 bits per heavy atom. The average molecular weight is 367 g/mol. The van der Waals surface area contributed by atoms with Gasteiger partial charge in [0.25, 0.3) is 0 Å². The van der Waals surface area contributed by atoms with Gasteiger partial charge in [-0.05, 0) is 54.8 Å². The number of para-hydroxylation sites is 1. The van der Waals surface area contributed by atoms with E-state index in [0.29, 0.717) is 6.42 Å². The number of nitrogens with two attached hydrogens (primary N) is 1. The summed E-state index contributed by atoms with van der Waals surface area (Å²) in [6, 6.07) is 17.3. The number of hydrogen-bond acceptors (Lipinski definition) is 4. The van der Waals surface area contributed by atoms with Gasteiger partial charge in [-0.3, -0.25) is 4.79 Å². The lowest BCUT2D eigenvalue weighted by Crippen LogP contribution is -2.52. The molecule has 1 amide bonds. The Balaban J connectivity index is 1.45. The molecule has 2 aromatic rings. The molecule has 0 bridgehead atoms. The third kappa shape index (κ3) is 5.55. The molecule has 1 heterocycles. The smallest absolute Gasteiger partial charge is 0.225 e. The summed E-state index contributed by atoms with van der Waals surface area (Å²) in [6.45, 7) is 7.06. The maximum atomic E-state index is 12.3. The first-order valence-corrected chi connectivity index (χ1v) is 9.53. The predicted octanol–water partition coefficient (Wildman–Crippen LogP) is 3.87. The summed E-state index contributed by atoms with van der Waals surface area (Å²) < 4.78 is 5.76. The van der Waals surface area contributed by atoms with Crippen LogP contribution in [0.15, 0.2) is 54.6 Å². The molecular weight excluding hydrogens is 338 g/mol. The number of carbonyl (C=O) groups is 1. The molecule has 27 heavy (non-hydrogen) atoms. The lowest BCUT2D eigenvalue weighted by Gasteiger charge is -2.42. The van der Waals surface area contributed by atoms with E-state index in [2.05, 4.69) is 24.1 Å². The van der Waals surface area contributed by atoms with E-state index in [1.54, 1.807) is 0 Å². The molecule has 1 unspecified atom stereocenters. The lowest BCUT2D eigenvalue weighted by atomic mass is 9.80. The number of amides is 1. The van der Waals surface area contributed by atoms with Crippen LogP contribution >= 0.6 is 0 Å². The number of hydrogen-bond donors (Lipinski definition) is 2. The summed E-state index contributed by atoms with van der Waals surface area (Å²) in [5.41, 5.74) is 7.06. The molecular formula is C22H29N3O2. The highest BCUT2D eigenvalue weighted by Gasteiger charge is 2.33. The molecule has 2 aromatic carbocycles. The van der Waals surface area contributed by atoms with Gasteiger partial charge in [0.15, 0.2) is 0 Å². The summed E-state index contributed by atoms with van der Waals surface area (Å²) in [7, 11) is 0. The third-order valence-corrected chi connectivity index (χ3v) is 5.16. The van der Waals surface area contributed by atoms with Crippen molar-refractivity contribution in [1.82, 2.24) is 4.90 Å². The van der Waals surface area contributed by atoms with Crippen molar-refractivity contribution in [3.05, 3.63) is 54.6 Å². The van der Waals surface area contributed by atoms with Gasteiger partial charge < -0.3 is 20.7 Å². The Bertz CT molecular complexity index is 744. The highest BCUT2D eigenvalue weighted by molar-refractivity contribution is 5.90. The lowest BCUT2D eigenvalue weighted by molar-refractivity contribution is -0.116.